The van der Waals surface area contributed by atoms with Crippen molar-refractivity contribution in [2.75, 3.05) is 32.7 Å². The van der Waals surface area contributed by atoms with Crippen molar-refractivity contribution in [2.45, 2.75) is 20.0 Å². The number of amides is 2. The van der Waals surface area contributed by atoms with Gasteiger partial charge >= 0.3 is 6.03 Å². The first-order chi connectivity index (χ1) is 12.2. The Kier molecular flexibility index (Phi) is 6.06. The molecule has 2 aromatic rings. The molecule has 0 saturated carbocycles. The van der Waals surface area contributed by atoms with Crippen LogP contribution in [-0.4, -0.2) is 58.3 Å². The summed E-state index contributed by atoms with van der Waals surface area (Å²) < 4.78 is 1.90. The number of benzene rings is 1. The average Bonchev–Trinajstić information content (AvgIpc) is 3.14. The van der Waals surface area contributed by atoms with E-state index in [1.165, 1.54) is 5.56 Å². The Balaban J connectivity index is 1.36. The summed E-state index contributed by atoms with van der Waals surface area (Å²) in [6, 6.07) is 12.5. The lowest BCUT2D eigenvalue weighted by atomic mass is 10.2. The van der Waals surface area contributed by atoms with Crippen molar-refractivity contribution in [2.24, 2.45) is 5.92 Å². The lowest BCUT2D eigenvalue weighted by molar-refractivity contribution is 0.134. The van der Waals surface area contributed by atoms with Gasteiger partial charge in [0.2, 0.25) is 0 Å². The van der Waals surface area contributed by atoms with E-state index in [2.05, 4.69) is 46.5 Å². The van der Waals surface area contributed by atoms with E-state index in [1.807, 2.05) is 27.9 Å². The number of hydrogen-bond donors (Lipinski definition) is 1. The van der Waals surface area contributed by atoms with Crippen LogP contribution < -0.4 is 5.32 Å². The Morgan fingerprint density at radius 1 is 1.16 bits per heavy atom. The largest absolute Gasteiger partial charge is 0.338 e. The van der Waals surface area contributed by atoms with Crippen LogP contribution in [0, 0.1) is 5.92 Å². The Morgan fingerprint density at radius 2 is 1.92 bits per heavy atom. The van der Waals surface area contributed by atoms with Crippen LogP contribution in [-0.2, 0) is 13.1 Å². The predicted molar refractivity (Wildman–Crippen MR) is 98.1 cm³/mol. The first-order valence-electron chi connectivity index (χ1n) is 8.97. The topological polar surface area (TPSA) is 53.4 Å². The minimum atomic E-state index is 0.0478. The SMILES string of the molecule is CC(CNC(=O)N1CCN(Cc2ccccc2)CC1)Cn1cccn1. The molecule has 1 aromatic heterocycles. The summed E-state index contributed by atoms with van der Waals surface area (Å²) in [5.74, 6) is 0.350. The molecule has 0 aliphatic carbocycles. The minimum Gasteiger partial charge on any atom is -0.338 e. The van der Waals surface area contributed by atoms with E-state index in [1.54, 1.807) is 6.20 Å². The van der Waals surface area contributed by atoms with Gasteiger partial charge in [0.05, 0.1) is 0 Å². The van der Waals surface area contributed by atoms with Crippen LogP contribution in [0.4, 0.5) is 4.79 Å². The van der Waals surface area contributed by atoms with Crippen LogP contribution in [0.1, 0.15) is 12.5 Å². The van der Waals surface area contributed by atoms with Crippen LogP contribution in [0.25, 0.3) is 0 Å². The summed E-state index contributed by atoms with van der Waals surface area (Å²) in [5.41, 5.74) is 1.33. The molecule has 1 fully saturated rings. The van der Waals surface area contributed by atoms with Crippen molar-refractivity contribution in [3.8, 4) is 0 Å². The lowest BCUT2D eigenvalue weighted by Crippen LogP contribution is -2.52. The highest BCUT2D eigenvalue weighted by Gasteiger charge is 2.21. The Hall–Kier alpha value is -2.34. The van der Waals surface area contributed by atoms with Gasteiger partial charge in [-0.05, 0) is 17.5 Å². The Morgan fingerprint density at radius 3 is 2.60 bits per heavy atom. The number of carbonyl (C=O) groups excluding carboxylic acids is 1. The summed E-state index contributed by atoms with van der Waals surface area (Å²) in [4.78, 5) is 16.7. The number of aromatic nitrogens is 2. The van der Waals surface area contributed by atoms with Crippen molar-refractivity contribution < 1.29 is 4.79 Å². The van der Waals surface area contributed by atoms with Gasteiger partial charge in [0, 0.05) is 58.2 Å². The number of urea groups is 1. The molecular formula is C19H27N5O. The van der Waals surface area contributed by atoms with Crippen molar-refractivity contribution in [3.63, 3.8) is 0 Å². The summed E-state index contributed by atoms with van der Waals surface area (Å²) in [6.45, 7) is 7.98. The molecule has 1 atom stereocenters. The van der Waals surface area contributed by atoms with Crippen LogP contribution in [0.5, 0.6) is 0 Å². The molecule has 0 bridgehead atoms. The molecule has 1 N–H and O–H groups in total. The number of piperazine rings is 1. The van der Waals surface area contributed by atoms with Gasteiger partial charge in [0.25, 0.3) is 0 Å². The summed E-state index contributed by atoms with van der Waals surface area (Å²) in [5, 5.41) is 7.26. The van der Waals surface area contributed by atoms with Crippen molar-refractivity contribution in [3.05, 3.63) is 54.4 Å². The van der Waals surface area contributed by atoms with E-state index in [-0.39, 0.29) is 6.03 Å². The minimum absolute atomic E-state index is 0.0478. The van der Waals surface area contributed by atoms with Crippen molar-refractivity contribution in [1.82, 2.24) is 24.9 Å². The fraction of sp³-hybridized carbons (Fsp3) is 0.474. The quantitative estimate of drug-likeness (QED) is 0.875. The van der Waals surface area contributed by atoms with Gasteiger partial charge in [-0.2, -0.15) is 5.10 Å². The molecule has 0 spiro atoms. The zero-order valence-electron chi connectivity index (χ0n) is 14.8. The van der Waals surface area contributed by atoms with Crippen LogP contribution >= 0.6 is 0 Å². The second-order valence-corrected chi connectivity index (χ2v) is 6.77. The molecule has 134 valence electrons. The molecule has 0 radical (unpaired) electrons. The van der Waals surface area contributed by atoms with E-state index >= 15 is 0 Å². The summed E-state index contributed by atoms with van der Waals surface area (Å²) >= 11 is 0. The Bertz CT molecular complexity index is 635. The second kappa shape index (κ2) is 8.67. The molecule has 1 unspecified atom stereocenters. The first kappa shape index (κ1) is 17.5. The molecule has 25 heavy (non-hydrogen) atoms. The normalized spacial score (nSPS) is 16.6. The van der Waals surface area contributed by atoms with Crippen LogP contribution in [0.15, 0.2) is 48.8 Å². The Labute approximate surface area is 149 Å². The average molecular weight is 341 g/mol. The van der Waals surface area contributed by atoms with Gasteiger partial charge in [-0.3, -0.25) is 9.58 Å². The van der Waals surface area contributed by atoms with E-state index in [0.29, 0.717) is 12.5 Å². The maximum Gasteiger partial charge on any atom is 0.317 e. The highest BCUT2D eigenvalue weighted by molar-refractivity contribution is 5.74. The molecule has 1 saturated heterocycles. The highest BCUT2D eigenvalue weighted by atomic mass is 16.2. The van der Waals surface area contributed by atoms with Gasteiger partial charge < -0.3 is 10.2 Å². The van der Waals surface area contributed by atoms with Crippen LogP contribution in [0.3, 0.4) is 0 Å². The third-order valence-corrected chi connectivity index (χ3v) is 4.57. The van der Waals surface area contributed by atoms with Crippen LogP contribution in [0.2, 0.25) is 0 Å². The number of carbonyl (C=O) groups is 1. The number of rotatable bonds is 6. The molecule has 1 aliphatic rings. The van der Waals surface area contributed by atoms with E-state index in [0.717, 1.165) is 39.3 Å². The van der Waals surface area contributed by atoms with Gasteiger partial charge in [-0.15, -0.1) is 0 Å². The molecule has 1 aromatic carbocycles. The fourth-order valence-electron chi connectivity index (χ4n) is 3.12. The first-order valence-corrected chi connectivity index (χ1v) is 8.97. The number of hydrogen-bond acceptors (Lipinski definition) is 3. The van der Waals surface area contributed by atoms with Crippen molar-refractivity contribution >= 4 is 6.03 Å². The molecule has 6 nitrogen and oxygen atoms in total. The van der Waals surface area contributed by atoms with E-state index in [4.69, 9.17) is 0 Å². The number of nitrogens with one attached hydrogen (secondary N) is 1. The fourth-order valence-corrected chi connectivity index (χ4v) is 3.12. The maximum absolute atomic E-state index is 12.3. The van der Waals surface area contributed by atoms with Crippen molar-refractivity contribution in [1.29, 1.82) is 0 Å². The number of nitrogens with zero attached hydrogens (tertiary/aromatic N) is 4. The molecule has 2 heterocycles. The zero-order valence-corrected chi connectivity index (χ0v) is 14.8. The highest BCUT2D eigenvalue weighted by Crippen LogP contribution is 2.08. The van der Waals surface area contributed by atoms with Gasteiger partial charge in [0.1, 0.15) is 0 Å². The van der Waals surface area contributed by atoms with Gasteiger partial charge in [-0.25, -0.2) is 4.79 Å². The standard InChI is InChI=1S/C19H27N5O/c1-17(15-24-9-5-8-21-24)14-20-19(25)23-12-10-22(11-13-23)16-18-6-3-2-4-7-18/h2-9,17H,10-16H2,1H3,(H,20,25). The molecular weight excluding hydrogens is 314 g/mol. The summed E-state index contributed by atoms with van der Waals surface area (Å²) in [6.07, 6.45) is 3.73. The second-order valence-electron chi connectivity index (χ2n) is 6.77. The van der Waals surface area contributed by atoms with Gasteiger partial charge in [-0.1, -0.05) is 37.3 Å². The van der Waals surface area contributed by atoms with E-state index < -0.39 is 0 Å². The third-order valence-electron chi connectivity index (χ3n) is 4.57. The monoisotopic (exact) mass is 341 g/mol. The van der Waals surface area contributed by atoms with E-state index in [9.17, 15) is 4.79 Å². The maximum atomic E-state index is 12.3. The predicted octanol–water partition coefficient (Wildman–Crippen LogP) is 2.05. The zero-order chi connectivity index (χ0) is 17.5. The molecule has 1 aliphatic heterocycles. The van der Waals surface area contributed by atoms with Gasteiger partial charge in [0.15, 0.2) is 0 Å². The lowest BCUT2D eigenvalue weighted by Gasteiger charge is -2.35. The smallest absolute Gasteiger partial charge is 0.317 e. The molecule has 2 amide bonds. The summed E-state index contributed by atoms with van der Waals surface area (Å²) in [7, 11) is 0. The molecule has 6 heteroatoms. The molecule has 3 rings (SSSR count). The third kappa shape index (κ3) is 5.32.